The van der Waals surface area contributed by atoms with E-state index in [1.165, 1.54) is 30.5 Å². The highest BCUT2D eigenvalue weighted by molar-refractivity contribution is 9.10. The van der Waals surface area contributed by atoms with E-state index in [1.54, 1.807) is 0 Å². The SMILES string of the molecule is O=C(Nc1cc(Br)ccc1F)c1cc[nH]c(=O)c1. The summed E-state index contributed by atoms with van der Waals surface area (Å²) >= 11 is 3.18. The maximum absolute atomic E-state index is 13.4. The maximum atomic E-state index is 13.4. The van der Waals surface area contributed by atoms with Gasteiger partial charge in [-0.25, -0.2) is 4.39 Å². The van der Waals surface area contributed by atoms with Gasteiger partial charge in [-0.3, -0.25) is 9.59 Å². The van der Waals surface area contributed by atoms with Gasteiger partial charge in [0, 0.05) is 22.3 Å². The number of H-pyrrole nitrogens is 1. The van der Waals surface area contributed by atoms with Crippen LogP contribution >= 0.6 is 15.9 Å². The molecule has 1 aromatic heterocycles. The van der Waals surface area contributed by atoms with Crippen LogP contribution in [-0.4, -0.2) is 10.9 Å². The molecular formula is C12H8BrFN2O2. The lowest BCUT2D eigenvalue weighted by atomic mass is 10.2. The normalized spacial score (nSPS) is 10.1. The molecule has 0 radical (unpaired) electrons. The van der Waals surface area contributed by atoms with Crippen LogP contribution in [0.2, 0.25) is 0 Å². The van der Waals surface area contributed by atoms with Crippen molar-refractivity contribution in [1.82, 2.24) is 4.98 Å². The van der Waals surface area contributed by atoms with E-state index in [2.05, 4.69) is 26.2 Å². The van der Waals surface area contributed by atoms with Gasteiger partial charge in [-0.1, -0.05) is 15.9 Å². The average Bonchev–Trinajstić information content (AvgIpc) is 2.34. The van der Waals surface area contributed by atoms with E-state index in [1.807, 2.05) is 0 Å². The number of anilines is 1. The second-order valence-corrected chi connectivity index (χ2v) is 4.44. The number of carbonyl (C=O) groups is 1. The van der Waals surface area contributed by atoms with Crippen LogP contribution in [0.15, 0.2) is 45.8 Å². The summed E-state index contributed by atoms with van der Waals surface area (Å²) in [7, 11) is 0. The summed E-state index contributed by atoms with van der Waals surface area (Å²) in [6.45, 7) is 0. The number of aromatic amines is 1. The minimum Gasteiger partial charge on any atom is -0.329 e. The number of hydrogen-bond acceptors (Lipinski definition) is 2. The first kappa shape index (κ1) is 12.5. The number of carbonyl (C=O) groups excluding carboxylic acids is 1. The van der Waals surface area contributed by atoms with E-state index in [9.17, 15) is 14.0 Å². The molecule has 0 unspecified atom stereocenters. The van der Waals surface area contributed by atoms with Gasteiger partial charge in [-0.15, -0.1) is 0 Å². The van der Waals surface area contributed by atoms with Crippen LogP contribution in [0.5, 0.6) is 0 Å². The van der Waals surface area contributed by atoms with E-state index in [-0.39, 0.29) is 11.3 Å². The number of halogens is 2. The predicted molar refractivity (Wildman–Crippen MR) is 69.1 cm³/mol. The summed E-state index contributed by atoms with van der Waals surface area (Å²) < 4.78 is 14.1. The maximum Gasteiger partial charge on any atom is 0.255 e. The summed E-state index contributed by atoms with van der Waals surface area (Å²) in [6, 6.07) is 6.79. The van der Waals surface area contributed by atoms with Crippen molar-refractivity contribution >= 4 is 27.5 Å². The second-order valence-electron chi connectivity index (χ2n) is 3.52. The third-order valence-corrected chi connectivity index (χ3v) is 2.71. The molecule has 1 heterocycles. The molecule has 0 aliphatic heterocycles. The fraction of sp³-hybridized carbons (Fsp3) is 0. The Morgan fingerprint density at radius 3 is 2.78 bits per heavy atom. The van der Waals surface area contributed by atoms with Gasteiger partial charge in [0.05, 0.1) is 5.69 Å². The zero-order chi connectivity index (χ0) is 13.1. The van der Waals surface area contributed by atoms with E-state index >= 15 is 0 Å². The fourth-order valence-corrected chi connectivity index (χ4v) is 1.73. The topological polar surface area (TPSA) is 62.0 Å². The number of rotatable bonds is 2. The summed E-state index contributed by atoms with van der Waals surface area (Å²) in [5.41, 5.74) is -0.176. The van der Waals surface area contributed by atoms with Crippen LogP contribution in [0.3, 0.4) is 0 Å². The molecule has 1 amide bonds. The van der Waals surface area contributed by atoms with Gasteiger partial charge in [0.1, 0.15) is 5.82 Å². The van der Waals surface area contributed by atoms with Gasteiger partial charge in [-0.05, 0) is 24.3 Å². The van der Waals surface area contributed by atoms with Crippen LogP contribution < -0.4 is 10.9 Å². The molecule has 2 aromatic rings. The number of aromatic nitrogens is 1. The lowest BCUT2D eigenvalue weighted by Gasteiger charge is -2.06. The van der Waals surface area contributed by atoms with Crippen molar-refractivity contribution in [3.63, 3.8) is 0 Å². The lowest BCUT2D eigenvalue weighted by molar-refractivity contribution is 0.102. The summed E-state index contributed by atoms with van der Waals surface area (Å²) in [6.07, 6.45) is 1.36. The molecule has 0 saturated heterocycles. The van der Waals surface area contributed by atoms with Crippen LogP contribution in [0.4, 0.5) is 10.1 Å². The van der Waals surface area contributed by atoms with E-state index in [0.29, 0.717) is 4.47 Å². The second kappa shape index (κ2) is 5.14. The van der Waals surface area contributed by atoms with Crippen LogP contribution in [-0.2, 0) is 0 Å². The van der Waals surface area contributed by atoms with Gasteiger partial charge >= 0.3 is 0 Å². The van der Waals surface area contributed by atoms with E-state index in [0.717, 1.165) is 6.07 Å². The van der Waals surface area contributed by atoms with Gasteiger partial charge in [0.15, 0.2) is 0 Å². The molecule has 18 heavy (non-hydrogen) atoms. The number of benzene rings is 1. The Bertz CT molecular complexity index is 655. The Morgan fingerprint density at radius 1 is 1.28 bits per heavy atom. The zero-order valence-corrected chi connectivity index (χ0v) is 10.6. The first-order valence-corrected chi connectivity index (χ1v) is 5.81. The molecule has 4 nitrogen and oxygen atoms in total. The molecular weight excluding hydrogens is 303 g/mol. The number of amides is 1. The van der Waals surface area contributed by atoms with Crippen LogP contribution in [0.25, 0.3) is 0 Å². The molecule has 1 aromatic carbocycles. The van der Waals surface area contributed by atoms with Crippen molar-refractivity contribution in [3.8, 4) is 0 Å². The number of pyridine rings is 1. The van der Waals surface area contributed by atoms with Gasteiger partial charge < -0.3 is 10.3 Å². The number of nitrogens with one attached hydrogen (secondary N) is 2. The minimum absolute atomic E-state index is 0.0506. The third-order valence-electron chi connectivity index (χ3n) is 2.21. The van der Waals surface area contributed by atoms with Crippen molar-refractivity contribution in [1.29, 1.82) is 0 Å². The molecule has 0 saturated carbocycles. The van der Waals surface area contributed by atoms with Crippen molar-refractivity contribution in [2.45, 2.75) is 0 Å². The van der Waals surface area contributed by atoms with Gasteiger partial charge in [0.25, 0.3) is 5.91 Å². The first-order chi connectivity index (χ1) is 8.56. The molecule has 0 fully saturated rings. The zero-order valence-electron chi connectivity index (χ0n) is 9.04. The van der Waals surface area contributed by atoms with Crippen molar-refractivity contribution < 1.29 is 9.18 Å². The first-order valence-electron chi connectivity index (χ1n) is 5.01. The standard InChI is InChI=1S/C12H8BrFN2O2/c13-8-1-2-9(14)10(6-8)16-12(18)7-3-4-15-11(17)5-7/h1-6H,(H,15,17)(H,16,18). The van der Waals surface area contributed by atoms with E-state index < -0.39 is 17.3 Å². The molecule has 2 N–H and O–H groups in total. The monoisotopic (exact) mass is 310 g/mol. The summed E-state index contributed by atoms with van der Waals surface area (Å²) in [5, 5.41) is 2.40. The summed E-state index contributed by atoms with van der Waals surface area (Å²) in [4.78, 5) is 25.2. The quantitative estimate of drug-likeness (QED) is 0.895. The Balaban J connectivity index is 2.26. The van der Waals surface area contributed by atoms with Crippen molar-refractivity contribution in [2.75, 3.05) is 5.32 Å². The highest BCUT2D eigenvalue weighted by atomic mass is 79.9. The summed E-state index contributed by atoms with van der Waals surface area (Å²) in [5.74, 6) is -1.09. The molecule has 0 bridgehead atoms. The van der Waals surface area contributed by atoms with Crippen molar-refractivity contribution in [3.05, 3.63) is 62.7 Å². The predicted octanol–water partition coefficient (Wildman–Crippen LogP) is 2.53. The Labute approximate surface area is 110 Å². The van der Waals surface area contributed by atoms with Gasteiger partial charge in [-0.2, -0.15) is 0 Å². The minimum atomic E-state index is -0.545. The molecule has 92 valence electrons. The van der Waals surface area contributed by atoms with Crippen molar-refractivity contribution in [2.24, 2.45) is 0 Å². The molecule has 0 atom stereocenters. The number of hydrogen-bond donors (Lipinski definition) is 2. The Hall–Kier alpha value is -1.95. The lowest BCUT2D eigenvalue weighted by Crippen LogP contribution is -2.16. The molecule has 6 heteroatoms. The molecule has 0 aliphatic carbocycles. The average molecular weight is 311 g/mol. The molecule has 0 spiro atoms. The highest BCUT2D eigenvalue weighted by Gasteiger charge is 2.09. The van der Waals surface area contributed by atoms with Crippen LogP contribution in [0, 0.1) is 5.82 Å². The smallest absolute Gasteiger partial charge is 0.255 e. The largest absolute Gasteiger partial charge is 0.329 e. The van der Waals surface area contributed by atoms with Gasteiger partial charge in [0.2, 0.25) is 5.56 Å². The van der Waals surface area contributed by atoms with E-state index in [4.69, 9.17) is 0 Å². The Kier molecular flexibility index (Phi) is 3.57. The molecule has 0 aliphatic rings. The Morgan fingerprint density at radius 2 is 2.06 bits per heavy atom. The molecule has 2 rings (SSSR count). The highest BCUT2D eigenvalue weighted by Crippen LogP contribution is 2.20. The fourth-order valence-electron chi connectivity index (χ4n) is 1.37. The third kappa shape index (κ3) is 2.84. The van der Waals surface area contributed by atoms with Crippen LogP contribution in [0.1, 0.15) is 10.4 Å².